The van der Waals surface area contributed by atoms with Crippen LogP contribution in [0.1, 0.15) is 46.3 Å². The van der Waals surface area contributed by atoms with E-state index in [1.54, 1.807) is 0 Å². The number of aryl methyl sites for hydroxylation is 2. The first-order valence-corrected chi connectivity index (χ1v) is 11.2. The maximum Gasteiger partial charge on any atom is 0.192 e. The van der Waals surface area contributed by atoms with Crippen LogP contribution in [0.2, 0.25) is 0 Å². The lowest BCUT2D eigenvalue weighted by molar-refractivity contribution is 0.0825. The van der Waals surface area contributed by atoms with Gasteiger partial charge in [0, 0.05) is 12.6 Å². The van der Waals surface area contributed by atoms with Gasteiger partial charge in [-0.15, -0.1) is 10.2 Å². The summed E-state index contributed by atoms with van der Waals surface area (Å²) in [5.41, 5.74) is 3.50. The van der Waals surface area contributed by atoms with E-state index in [0.29, 0.717) is 29.1 Å². The lowest BCUT2D eigenvalue weighted by Crippen LogP contribution is -2.24. The third-order valence-electron chi connectivity index (χ3n) is 5.67. The van der Waals surface area contributed by atoms with E-state index in [0.717, 1.165) is 24.2 Å². The van der Waals surface area contributed by atoms with Crippen molar-refractivity contribution in [1.82, 2.24) is 14.8 Å². The van der Waals surface area contributed by atoms with Gasteiger partial charge in [0.25, 0.3) is 0 Å². The molecule has 0 fully saturated rings. The van der Waals surface area contributed by atoms with Crippen LogP contribution in [-0.2, 0) is 19.9 Å². The number of thioether (sulfide) groups is 1. The fourth-order valence-electron chi connectivity index (χ4n) is 4.00. The van der Waals surface area contributed by atoms with Crippen LogP contribution in [0.25, 0.3) is 0 Å². The summed E-state index contributed by atoms with van der Waals surface area (Å²) in [6.45, 7) is 0.377. The van der Waals surface area contributed by atoms with Gasteiger partial charge in [-0.1, -0.05) is 36.0 Å². The highest BCUT2D eigenvalue weighted by Crippen LogP contribution is 2.35. The second-order valence-corrected chi connectivity index (χ2v) is 8.61. The van der Waals surface area contributed by atoms with Crippen LogP contribution in [0.15, 0.2) is 47.6 Å². The minimum atomic E-state index is -0.330. The first-order chi connectivity index (χ1) is 14.7. The molecule has 0 N–H and O–H groups in total. The molecule has 30 heavy (non-hydrogen) atoms. The van der Waals surface area contributed by atoms with Crippen molar-refractivity contribution in [2.45, 2.75) is 36.9 Å². The van der Waals surface area contributed by atoms with Crippen LogP contribution >= 0.6 is 11.8 Å². The van der Waals surface area contributed by atoms with Gasteiger partial charge in [-0.05, 0) is 55.0 Å². The quantitative estimate of drug-likeness (QED) is 0.455. The molecule has 1 aliphatic carbocycles. The fourth-order valence-corrected chi connectivity index (χ4v) is 4.81. The zero-order valence-corrected chi connectivity index (χ0v) is 17.7. The molecule has 2 aliphatic rings. The number of fused-ring (bicyclic) bond motifs is 2. The van der Waals surface area contributed by atoms with Crippen molar-refractivity contribution in [1.29, 1.82) is 0 Å². The molecule has 0 bridgehead atoms. The van der Waals surface area contributed by atoms with Gasteiger partial charge in [0.2, 0.25) is 0 Å². The largest absolute Gasteiger partial charge is 0.485 e. The summed E-state index contributed by atoms with van der Waals surface area (Å²) in [5.74, 6) is 2.57. The Labute approximate surface area is 179 Å². The fraction of sp³-hybridized carbons (Fsp3) is 0.348. The van der Waals surface area contributed by atoms with E-state index in [9.17, 15) is 4.79 Å². The van der Waals surface area contributed by atoms with Crippen molar-refractivity contribution in [3.63, 3.8) is 0 Å². The average Bonchev–Trinajstić information content (AvgIpc) is 3.17. The Hall–Kier alpha value is -2.80. The topological polar surface area (TPSA) is 66.2 Å². The van der Waals surface area contributed by atoms with Gasteiger partial charge in [-0.2, -0.15) is 0 Å². The normalized spacial score (nSPS) is 17.4. The maximum absolute atomic E-state index is 12.7. The smallest absolute Gasteiger partial charge is 0.192 e. The Kier molecular flexibility index (Phi) is 5.21. The molecule has 7 heteroatoms. The molecule has 154 valence electrons. The summed E-state index contributed by atoms with van der Waals surface area (Å²) in [5, 5.41) is 9.26. The van der Waals surface area contributed by atoms with Gasteiger partial charge >= 0.3 is 0 Å². The van der Waals surface area contributed by atoms with Gasteiger partial charge in [0.1, 0.15) is 6.61 Å². The van der Waals surface area contributed by atoms with Crippen LogP contribution in [-0.4, -0.2) is 32.9 Å². The van der Waals surface area contributed by atoms with Gasteiger partial charge < -0.3 is 14.0 Å². The summed E-state index contributed by atoms with van der Waals surface area (Å²) in [7, 11) is 1.89. The molecule has 5 rings (SSSR count). The van der Waals surface area contributed by atoms with E-state index in [-0.39, 0.29) is 11.9 Å². The van der Waals surface area contributed by atoms with E-state index in [1.165, 1.54) is 35.7 Å². The van der Waals surface area contributed by atoms with E-state index in [2.05, 4.69) is 22.3 Å². The molecule has 6 nitrogen and oxygen atoms in total. The molecule has 0 spiro atoms. The number of para-hydroxylation sites is 2. The van der Waals surface area contributed by atoms with Gasteiger partial charge in [-0.3, -0.25) is 4.79 Å². The highest BCUT2D eigenvalue weighted by atomic mass is 32.2. The zero-order valence-electron chi connectivity index (χ0n) is 16.8. The Morgan fingerprint density at radius 2 is 1.90 bits per heavy atom. The lowest BCUT2D eigenvalue weighted by atomic mass is 9.90. The third kappa shape index (κ3) is 3.69. The molecule has 0 unspecified atom stereocenters. The summed E-state index contributed by atoms with van der Waals surface area (Å²) in [6.07, 6.45) is 4.31. The minimum Gasteiger partial charge on any atom is -0.485 e. The van der Waals surface area contributed by atoms with Crippen LogP contribution in [0.4, 0.5) is 0 Å². The Balaban J connectivity index is 1.26. The average molecular weight is 422 g/mol. The molecular weight excluding hydrogens is 398 g/mol. The predicted octanol–water partition coefficient (Wildman–Crippen LogP) is 4.18. The highest BCUT2D eigenvalue weighted by Gasteiger charge is 2.27. The number of benzene rings is 2. The lowest BCUT2D eigenvalue weighted by Gasteiger charge is -2.25. The number of rotatable bonds is 5. The summed E-state index contributed by atoms with van der Waals surface area (Å²) < 4.78 is 13.7. The molecular formula is C23H23N3O3S. The van der Waals surface area contributed by atoms with E-state index >= 15 is 0 Å². The monoisotopic (exact) mass is 421 g/mol. The first kappa shape index (κ1) is 19.2. The SMILES string of the molecule is Cn1c(SCC(=O)c2ccc3c(c2)CCCC3)nnc1[C@H]1COc2ccccc2O1. The van der Waals surface area contributed by atoms with Crippen molar-refractivity contribution in [3.05, 3.63) is 65.0 Å². The summed E-state index contributed by atoms with van der Waals surface area (Å²) in [4.78, 5) is 12.7. The van der Waals surface area contributed by atoms with Crippen LogP contribution in [0.5, 0.6) is 11.5 Å². The third-order valence-corrected chi connectivity index (χ3v) is 6.69. The number of carbonyl (C=O) groups is 1. The molecule has 3 aromatic rings. The van der Waals surface area contributed by atoms with Crippen molar-refractivity contribution in [3.8, 4) is 11.5 Å². The van der Waals surface area contributed by atoms with Crippen LogP contribution in [0, 0.1) is 0 Å². The minimum absolute atomic E-state index is 0.115. The number of hydrogen-bond acceptors (Lipinski definition) is 6. The molecule has 0 radical (unpaired) electrons. The molecule has 0 saturated carbocycles. The molecule has 0 saturated heterocycles. The van der Waals surface area contributed by atoms with Gasteiger partial charge in [-0.25, -0.2) is 0 Å². The Morgan fingerprint density at radius 1 is 1.10 bits per heavy atom. The standard InChI is InChI=1S/C23H23N3O3S/c1-26-22(21-13-28-19-8-4-5-9-20(19)29-21)24-25-23(26)30-14-18(27)17-11-10-15-6-2-3-7-16(15)12-17/h4-5,8-12,21H,2-3,6-7,13-14H2,1H3/t21-/m1/s1. The molecule has 1 atom stereocenters. The molecule has 1 aliphatic heterocycles. The highest BCUT2D eigenvalue weighted by molar-refractivity contribution is 7.99. The first-order valence-electron chi connectivity index (χ1n) is 10.2. The Morgan fingerprint density at radius 3 is 2.77 bits per heavy atom. The van der Waals surface area contributed by atoms with Crippen molar-refractivity contribution >= 4 is 17.5 Å². The van der Waals surface area contributed by atoms with Crippen LogP contribution < -0.4 is 9.47 Å². The predicted molar refractivity (Wildman–Crippen MR) is 114 cm³/mol. The van der Waals surface area contributed by atoms with E-state index < -0.39 is 0 Å². The number of ether oxygens (including phenoxy) is 2. The van der Waals surface area contributed by atoms with E-state index in [1.807, 2.05) is 41.9 Å². The zero-order chi connectivity index (χ0) is 20.5. The second kappa shape index (κ2) is 8.14. The number of aromatic nitrogens is 3. The number of carbonyl (C=O) groups excluding carboxylic acids is 1. The second-order valence-electron chi connectivity index (χ2n) is 7.67. The summed E-state index contributed by atoms with van der Waals surface area (Å²) >= 11 is 1.40. The molecule has 2 aromatic carbocycles. The summed E-state index contributed by atoms with van der Waals surface area (Å²) in [6, 6.07) is 13.7. The van der Waals surface area contributed by atoms with Crippen molar-refractivity contribution < 1.29 is 14.3 Å². The van der Waals surface area contributed by atoms with Gasteiger partial charge in [0.15, 0.2) is 34.4 Å². The number of ketones is 1. The van der Waals surface area contributed by atoms with Crippen LogP contribution in [0.3, 0.4) is 0 Å². The van der Waals surface area contributed by atoms with Crippen molar-refractivity contribution in [2.75, 3.05) is 12.4 Å². The number of Topliss-reactive ketones (excluding diaryl/α,β-unsaturated/α-hetero) is 1. The Bertz CT molecular complexity index is 1100. The van der Waals surface area contributed by atoms with Gasteiger partial charge in [0.05, 0.1) is 5.75 Å². The molecule has 0 amide bonds. The maximum atomic E-state index is 12.7. The van der Waals surface area contributed by atoms with E-state index in [4.69, 9.17) is 9.47 Å². The number of nitrogens with zero attached hydrogens (tertiary/aromatic N) is 3. The molecule has 2 heterocycles. The number of hydrogen-bond donors (Lipinski definition) is 0. The van der Waals surface area contributed by atoms with Crippen molar-refractivity contribution in [2.24, 2.45) is 7.05 Å². The molecule has 1 aromatic heterocycles.